The number of carbonyl (C=O) groups is 1. The molecule has 26 heavy (non-hydrogen) atoms. The fraction of sp³-hybridized carbons (Fsp3) is 0.476. The van der Waals surface area contributed by atoms with E-state index in [9.17, 15) is 9.90 Å². The average Bonchev–Trinajstić information content (AvgIpc) is 3.53. The summed E-state index contributed by atoms with van der Waals surface area (Å²) in [6.45, 7) is 1.51. The normalized spacial score (nSPS) is 19.8. The summed E-state index contributed by atoms with van der Waals surface area (Å²) in [5.41, 5.74) is 4.28. The van der Waals surface area contributed by atoms with Gasteiger partial charge >= 0.3 is 0 Å². The summed E-state index contributed by atoms with van der Waals surface area (Å²) in [5, 5.41) is 9.62. The molecule has 5 nitrogen and oxygen atoms in total. The molecule has 1 aromatic carbocycles. The van der Waals surface area contributed by atoms with Crippen molar-refractivity contribution in [1.29, 1.82) is 0 Å². The highest BCUT2D eigenvalue weighted by atomic mass is 16.3. The van der Waals surface area contributed by atoms with Gasteiger partial charge in [0.15, 0.2) is 0 Å². The molecular formula is C21H23N3O2. The maximum Gasteiger partial charge on any atom is 0.225 e. The number of rotatable bonds is 3. The molecule has 0 spiro atoms. The van der Waals surface area contributed by atoms with Crippen LogP contribution in [0.1, 0.15) is 48.7 Å². The lowest BCUT2D eigenvalue weighted by Crippen LogP contribution is -2.34. The summed E-state index contributed by atoms with van der Waals surface area (Å²) < 4.78 is 0. The zero-order chi connectivity index (χ0) is 17.7. The van der Waals surface area contributed by atoms with Crippen molar-refractivity contribution in [3.05, 3.63) is 41.3 Å². The highest BCUT2D eigenvalue weighted by molar-refractivity contribution is 5.81. The van der Waals surface area contributed by atoms with Gasteiger partial charge in [0.2, 0.25) is 5.91 Å². The lowest BCUT2D eigenvalue weighted by molar-refractivity contribution is -0.132. The molecule has 0 radical (unpaired) electrons. The second kappa shape index (κ2) is 6.08. The van der Waals surface area contributed by atoms with Gasteiger partial charge in [-0.15, -0.1) is 0 Å². The Hall–Kier alpha value is -2.43. The van der Waals surface area contributed by atoms with Gasteiger partial charge in [-0.1, -0.05) is 0 Å². The van der Waals surface area contributed by atoms with Crippen LogP contribution in [0.4, 0.5) is 0 Å². The molecule has 2 saturated carbocycles. The fourth-order valence-electron chi connectivity index (χ4n) is 3.81. The molecule has 2 aromatic rings. The van der Waals surface area contributed by atoms with E-state index in [1.165, 1.54) is 18.4 Å². The van der Waals surface area contributed by atoms with Crippen LogP contribution in [0.25, 0.3) is 11.3 Å². The van der Waals surface area contributed by atoms with E-state index in [1.807, 2.05) is 17.0 Å². The molecule has 5 rings (SSSR count). The third-order valence-corrected chi connectivity index (χ3v) is 5.68. The highest BCUT2D eigenvalue weighted by Gasteiger charge is 2.35. The smallest absolute Gasteiger partial charge is 0.225 e. The molecule has 2 heterocycles. The van der Waals surface area contributed by atoms with Crippen molar-refractivity contribution in [3.8, 4) is 17.0 Å². The molecule has 134 valence electrons. The van der Waals surface area contributed by atoms with E-state index >= 15 is 0 Å². The molecule has 0 saturated heterocycles. The number of phenols is 1. The largest absolute Gasteiger partial charge is 0.508 e. The predicted octanol–water partition coefficient (Wildman–Crippen LogP) is 3.06. The minimum absolute atomic E-state index is 0.262. The van der Waals surface area contributed by atoms with Crippen LogP contribution in [0, 0.1) is 5.92 Å². The Kier molecular flexibility index (Phi) is 3.69. The Labute approximate surface area is 153 Å². The van der Waals surface area contributed by atoms with E-state index in [0.717, 1.165) is 61.5 Å². The SMILES string of the molecule is O=C(C1CC1)N1CCc2nc(C3CC3)nc(-c3ccc(O)cc3)c2CC1. The van der Waals surface area contributed by atoms with Gasteiger partial charge in [0.25, 0.3) is 0 Å². The van der Waals surface area contributed by atoms with Crippen molar-refractivity contribution in [2.75, 3.05) is 13.1 Å². The summed E-state index contributed by atoms with van der Waals surface area (Å²) in [6.07, 6.45) is 6.04. The van der Waals surface area contributed by atoms with Gasteiger partial charge in [-0.05, 0) is 56.4 Å². The second-order valence-corrected chi connectivity index (χ2v) is 7.78. The van der Waals surface area contributed by atoms with Crippen LogP contribution in [0.3, 0.4) is 0 Å². The Morgan fingerprint density at radius 2 is 1.73 bits per heavy atom. The van der Waals surface area contributed by atoms with Crippen LogP contribution in [-0.2, 0) is 17.6 Å². The first-order valence-electron chi connectivity index (χ1n) is 9.67. The van der Waals surface area contributed by atoms with Gasteiger partial charge < -0.3 is 10.0 Å². The Morgan fingerprint density at radius 3 is 2.42 bits per heavy atom. The Bertz CT molecular complexity index is 854. The first kappa shape index (κ1) is 15.8. The molecule has 0 atom stereocenters. The summed E-state index contributed by atoms with van der Waals surface area (Å²) in [4.78, 5) is 24.3. The summed E-state index contributed by atoms with van der Waals surface area (Å²) in [6, 6.07) is 7.26. The van der Waals surface area contributed by atoms with Crippen molar-refractivity contribution in [2.24, 2.45) is 5.92 Å². The Balaban J connectivity index is 1.52. The maximum atomic E-state index is 12.5. The van der Waals surface area contributed by atoms with Crippen molar-refractivity contribution in [2.45, 2.75) is 44.4 Å². The summed E-state index contributed by atoms with van der Waals surface area (Å²) >= 11 is 0. The van der Waals surface area contributed by atoms with Crippen LogP contribution in [0.5, 0.6) is 5.75 Å². The van der Waals surface area contributed by atoms with Crippen LogP contribution in [0.15, 0.2) is 24.3 Å². The lowest BCUT2D eigenvalue weighted by Gasteiger charge is -2.19. The molecular weight excluding hydrogens is 326 g/mol. The van der Waals surface area contributed by atoms with E-state index in [4.69, 9.17) is 9.97 Å². The lowest BCUT2D eigenvalue weighted by atomic mass is 10.0. The molecule has 2 aliphatic carbocycles. The standard InChI is InChI=1S/C21H23N3O2/c25-16-7-5-13(6-8-16)19-17-9-11-24(21(26)15-3-4-15)12-10-18(17)22-20(23-19)14-1-2-14/h5-8,14-15,25H,1-4,9-12H2. The van der Waals surface area contributed by atoms with Crippen molar-refractivity contribution < 1.29 is 9.90 Å². The number of hydrogen-bond acceptors (Lipinski definition) is 4. The van der Waals surface area contributed by atoms with Crippen LogP contribution in [0.2, 0.25) is 0 Å². The number of hydrogen-bond donors (Lipinski definition) is 1. The molecule has 0 unspecified atom stereocenters. The van der Waals surface area contributed by atoms with E-state index in [1.54, 1.807) is 12.1 Å². The minimum atomic E-state index is 0.262. The number of phenolic OH excluding ortho intramolecular Hbond substituents is 1. The number of benzene rings is 1. The fourth-order valence-corrected chi connectivity index (χ4v) is 3.81. The maximum absolute atomic E-state index is 12.5. The molecule has 1 aromatic heterocycles. The van der Waals surface area contributed by atoms with Crippen molar-refractivity contribution in [3.63, 3.8) is 0 Å². The highest BCUT2D eigenvalue weighted by Crippen LogP contribution is 2.40. The minimum Gasteiger partial charge on any atom is -0.508 e. The molecule has 0 bridgehead atoms. The third-order valence-electron chi connectivity index (χ3n) is 5.68. The number of fused-ring (bicyclic) bond motifs is 1. The molecule has 1 aliphatic heterocycles. The molecule has 5 heteroatoms. The second-order valence-electron chi connectivity index (χ2n) is 7.78. The van der Waals surface area contributed by atoms with E-state index in [-0.39, 0.29) is 11.7 Å². The molecule has 2 fully saturated rings. The molecule has 1 N–H and O–H groups in total. The van der Waals surface area contributed by atoms with Gasteiger partial charge in [-0.25, -0.2) is 9.97 Å². The predicted molar refractivity (Wildman–Crippen MR) is 97.8 cm³/mol. The quantitative estimate of drug-likeness (QED) is 0.925. The average molecular weight is 349 g/mol. The number of nitrogens with zero attached hydrogens (tertiary/aromatic N) is 3. The monoisotopic (exact) mass is 349 g/mol. The number of amides is 1. The van der Waals surface area contributed by atoms with Crippen LogP contribution < -0.4 is 0 Å². The van der Waals surface area contributed by atoms with Gasteiger partial charge in [0.1, 0.15) is 11.6 Å². The van der Waals surface area contributed by atoms with Crippen LogP contribution >= 0.6 is 0 Å². The Morgan fingerprint density at radius 1 is 1.00 bits per heavy atom. The van der Waals surface area contributed by atoms with E-state index < -0.39 is 0 Å². The number of aromatic hydroxyl groups is 1. The first-order valence-corrected chi connectivity index (χ1v) is 9.67. The van der Waals surface area contributed by atoms with E-state index in [2.05, 4.69) is 0 Å². The number of carbonyl (C=O) groups excluding carboxylic acids is 1. The van der Waals surface area contributed by atoms with Gasteiger partial charge in [-0.3, -0.25) is 4.79 Å². The summed E-state index contributed by atoms with van der Waals surface area (Å²) in [5.74, 6) is 2.29. The van der Waals surface area contributed by atoms with Gasteiger partial charge in [0, 0.05) is 48.2 Å². The van der Waals surface area contributed by atoms with Gasteiger partial charge in [0.05, 0.1) is 5.69 Å². The third kappa shape index (κ3) is 2.96. The van der Waals surface area contributed by atoms with Crippen molar-refractivity contribution >= 4 is 5.91 Å². The van der Waals surface area contributed by atoms with Crippen molar-refractivity contribution in [1.82, 2.24) is 14.9 Å². The zero-order valence-corrected chi connectivity index (χ0v) is 14.8. The number of aromatic nitrogens is 2. The molecule has 3 aliphatic rings. The first-order chi connectivity index (χ1) is 12.7. The molecule has 1 amide bonds. The summed E-state index contributed by atoms with van der Waals surface area (Å²) in [7, 11) is 0. The van der Waals surface area contributed by atoms with Gasteiger partial charge in [-0.2, -0.15) is 0 Å². The van der Waals surface area contributed by atoms with Crippen LogP contribution in [-0.4, -0.2) is 39.0 Å². The van der Waals surface area contributed by atoms with E-state index in [0.29, 0.717) is 11.8 Å². The zero-order valence-electron chi connectivity index (χ0n) is 14.8. The topological polar surface area (TPSA) is 66.3 Å².